The van der Waals surface area contributed by atoms with Crippen LogP contribution in [0.5, 0.6) is 5.75 Å². The Balaban J connectivity index is 1.58. The summed E-state index contributed by atoms with van der Waals surface area (Å²) in [6, 6.07) is 25.0. The van der Waals surface area contributed by atoms with Gasteiger partial charge in [0.1, 0.15) is 12.4 Å². The molecule has 4 aromatic rings. The first kappa shape index (κ1) is 15.5. The standard InChI is InChI=1S/C23H21NO/c1-2-21-22(16-24-15-7-6-10-23(21)24)19-11-13-20(14-12-19)25-17-18-8-4-3-5-9-18/h3-16H,2,17H2,1H3. The predicted molar refractivity (Wildman–Crippen MR) is 103 cm³/mol. The van der Waals surface area contributed by atoms with Crippen LogP contribution in [0.4, 0.5) is 0 Å². The van der Waals surface area contributed by atoms with Crippen molar-refractivity contribution in [2.24, 2.45) is 0 Å². The molecule has 2 aromatic heterocycles. The van der Waals surface area contributed by atoms with Gasteiger partial charge in [-0.25, -0.2) is 0 Å². The van der Waals surface area contributed by atoms with Crippen molar-refractivity contribution in [1.29, 1.82) is 0 Å². The van der Waals surface area contributed by atoms with Gasteiger partial charge in [-0.1, -0.05) is 55.5 Å². The summed E-state index contributed by atoms with van der Waals surface area (Å²) >= 11 is 0. The topological polar surface area (TPSA) is 13.6 Å². The summed E-state index contributed by atoms with van der Waals surface area (Å²) in [5.41, 5.74) is 6.37. The molecule has 0 N–H and O–H groups in total. The van der Waals surface area contributed by atoms with Crippen molar-refractivity contribution < 1.29 is 4.74 Å². The number of pyridine rings is 1. The van der Waals surface area contributed by atoms with Crippen LogP contribution >= 0.6 is 0 Å². The van der Waals surface area contributed by atoms with Crippen LogP contribution in [0.15, 0.2) is 85.2 Å². The van der Waals surface area contributed by atoms with E-state index in [1.54, 1.807) is 0 Å². The first-order valence-corrected chi connectivity index (χ1v) is 8.71. The lowest BCUT2D eigenvalue weighted by Crippen LogP contribution is -1.94. The molecule has 0 bridgehead atoms. The van der Waals surface area contributed by atoms with Crippen LogP contribution in [-0.2, 0) is 13.0 Å². The van der Waals surface area contributed by atoms with Crippen LogP contribution in [0.1, 0.15) is 18.1 Å². The Bertz CT molecular complexity index is 968. The highest BCUT2D eigenvalue weighted by molar-refractivity contribution is 5.77. The molecule has 2 heterocycles. The van der Waals surface area contributed by atoms with Crippen LogP contribution < -0.4 is 4.74 Å². The minimum absolute atomic E-state index is 0.594. The molecule has 2 nitrogen and oxygen atoms in total. The third-order valence-corrected chi connectivity index (χ3v) is 4.56. The summed E-state index contributed by atoms with van der Waals surface area (Å²) in [6.07, 6.45) is 5.34. The van der Waals surface area contributed by atoms with Gasteiger partial charge in [-0.05, 0) is 47.4 Å². The fraction of sp³-hybridized carbons (Fsp3) is 0.130. The van der Waals surface area contributed by atoms with Gasteiger partial charge in [0.15, 0.2) is 0 Å². The van der Waals surface area contributed by atoms with Gasteiger partial charge >= 0.3 is 0 Å². The van der Waals surface area contributed by atoms with E-state index in [-0.39, 0.29) is 0 Å². The van der Waals surface area contributed by atoms with Gasteiger partial charge in [-0.3, -0.25) is 0 Å². The Morgan fingerprint density at radius 1 is 0.840 bits per heavy atom. The molecule has 2 heteroatoms. The fourth-order valence-corrected chi connectivity index (χ4v) is 3.27. The third-order valence-electron chi connectivity index (χ3n) is 4.56. The zero-order valence-electron chi connectivity index (χ0n) is 14.4. The van der Waals surface area contributed by atoms with Crippen molar-refractivity contribution in [3.05, 3.63) is 96.3 Å². The Labute approximate surface area is 148 Å². The van der Waals surface area contributed by atoms with Crippen LogP contribution in [0.3, 0.4) is 0 Å². The van der Waals surface area contributed by atoms with Gasteiger partial charge in [-0.2, -0.15) is 0 Å². The highest BCUT2D eigenvalue weighted by atomic mass is 16.5. The quantitative estimate of drug-likeness (QED) is 0.455. The average Bonchev–Trinajstić information content (AvgIpc) is 3.06. The van der Waals surface area contributed by atoms with Crippen LogP contribution in [0.25, 0.3) is 16.6 Å². The normalized spacial score (nSPS) is 10.9. The Hall–Kier alpha value is -3.00. The monoisotopic (exact) mass is 327 g/mol. The average molecular weight is 327 g/mol. The molecule has 0 fully saturated rings. The van der Waals surface area contributed by atoms with Gasteiger partial charge < -0.3 is 9.14 Å². The van der Waals surface area contributed by atoms with E-state index >= 15 is 0 Å². The molecule has 0 aliphatic rings. The van der Waals surface area contributed by atoms with Gasteiger partial charge in [0.25, 0.3) is 0 Å². The van der Waals surface area contributed by atoms with Gasteiger partial charge in [-0.15, -0.1) is 0 Å². The van der Waals surface area contributed by atoms with Crippen molar-refractivity contribution in [2.45, 2.75) is 20.0 Å². The summed E-state index contributed by atoms with van der Waals surface area (Å²) in [5.74, 6) is 0.898. The van der Waals surface area contributed by atoms with E-state index in [9.17, 15) is 0 Å². The van der Waals surface area contributed by atoms with Gasteiger partial charge in [0.2, 0.25) is 0 Å². The molecule has 0 amide bonds. The number of hydrogen-bond acceptors (Lipinski definition) is 1. The first-order chi connectivity index (χ1) is 12.3. The van der Waals surface area contributed by atoms with Crippen molar-refractivity contribution in [3.63, 3.8) is 0 Å². The van der Waals surface area contributed by atoms with E-state index < -0.39 is 0 Å². The largest absolute Gasteiger partial charge is 0.489 e. The second-order valence-corrected chi connectivity index (χ2v) is 6.17. The zero-order chi connectivity index (χ0) is 17.1. The van der Waals surface area contributed by atoms with Crippen LogP contribution in [-0.4, -0.2) is 4.40 Å². The molecule has 124 valence electrons. The number of aromatic nitrogens is 1. The van der Waals surface area contributed by atoms with E-state index in [0.717, 1.165) is 12.2 Å². The number of ether oxygens (including phenoxy) is 1. The Morgan fingerprint density at radius 3 is 2.36 bits per heavy atom. The molecule has 0 atom stereocenters. The van der Waals surface area contributed by atoms with Crippen molar-refractivity contribution in [2.75, 3.05) is 0 Å². The van der Waals surface area contributed by atoms with E-state index in [1.165, 1.54) is 27.8 Å². The van der Waals surface area contributed by atoms with Crippen LogP contribution in [0, 0.1) is 0 Å². The highest BCUT2D eigenvalue weighted by Crippen LogP contribution is 2.30. The summed E-state index contributed by atoms with van der Waals surface area (Å²) < 4.78 is 8.10. The summed E-state index contributed by atoms with van der Waals surface area (Å²) in [5, 5.41) is 0. The molecule has 4 rings (SSSR count). The van der Waals surface area contributed by atoms with Crippen molar-refractivity contribution >= 4 is 5.52 Å². The number of nitrogens with zero attached hydrogens (tertiary/aromatic N) is 1. The molecule has 0 spiro atoms. The van der Waals surface area contributed by atoms with E-state index in [0.29, 0.717) is 6.61 Å². The lowest BCUT2D eigenvalue weighted by atomic mass is 10.0. The molecule has 0 saturated carbocycles. The molecule has 25 heavy (non-hydrogen) atoms. The highest BCUT2D eigenvalue weighted by Gasteiger charge is 2.10. The molecule has 0 saturated heterocycles. The molecule has 0 radical (unpaired) electrons. The van der Waals surface area contributed by atoms with Crippen molar-refractivity contribution in [3.8, 4) is 16.9 Å². The fourth-order valence-electron chi connectivity index (χ4n) is 3.27. The maximum absolute atomic E-state index is 5.89. The SMILES string of the molecule is CCc1c(-c2ccc(OCc3ccccc3)cc2)cn2ccccc12. The minimum atomic E-state index is 0.594. The lowest BCUT2D eigenvalue weighted by molar-refractivity contribution is 0.306. The Kier molecular flexibility index (Phi) is 4.26. The molecular formula is C23H21NO. The number of rotatable bonds is 5. The maximum Gasteiger partial charge on any atom is 0.119 e. The van der Waals surface area contributed by atoms with Gasteiger partial charge in [0, 0.05) is 23.5 Å². The number of fused-ring (bicyclic) bond motifs is 1. The lowest BCUT2D eigenvalue weighted by Gasteiger charge is -2.08. The second-order valence-electron chi connectivity index (χ2n) is 6.17. The number of benzene rings is 2. The van der Waals surface area contributed by atoms with Crippen LogP contribution in [0.2, 0.25) is 0 Å². The second kappa shape index (κ2) is 6.86. The van der Waals surface area contributed by atoms with E-state index in [2.05, 4.69) is 78.3 Å². The molecule has 0 unspecified atom stereocenters. The summed E-state index contributed by atoms with van der Waals surface area (Å²) in [4.78, 5) is 0. The molecule has 0 aliphatic carbocycles. The smallest absolute Gasteiger partial charge is 0.119 e. The Morgan fingerprint density at radius 2 is 1.60 bits per heavy atom. The summed E-state index contributed by atoms with van der Waals surface area (Å²) in [7, 11) is 0. The number of aryl methyl sites for hydroxylation is 1. The first-order valence-electron chi connectivity index (χ1n) is 8.71. The van der Waals surface area contributed by atoms with E-state index in [4.69, 9.17) is 4.74 Å². The zero-order valence-corrected chi connectivity index (χ0v) is 14.4. The van der Waals surface area contributed by atoms with Crippen molar-refractivity contribution in [1.82, 2.24) is 4.40 Å². The molecule has 2 aromatic carbocycles. The minimum Gasteiger partial charge on any atom is -0.489 e. The third kappa shape index (κ3) is 3.16. The maximum atomic E-state index is 5.89. The number of hydrogen-bond donors (Lipinski definition) is 0. The predicted octanol–water partition coefficient (Wildman–Crippen LogP) is 5.75. The molecule has 0 aliphatic heterocycles. The summed E-state index contributed by atoms with van der Waals surface area (Å²) in [6.45, 7) is 2.81. The van der Waals surface area contributed by atoms with E-state index in [1.807, 2.05) is 18.2 Å². The molecular weight excluding hydrogens is 306 g/mol. The van der Waals surface area contributed by atoms with Gasteiger partial charge in [0.05, 0.1) is 0 Å².